The highest BCUT2D eigenvalue weighted by Crippen LogP contribution is 2.26. The van der Waals surface area contributed by atoms with Crippen LogP contribution < -0.4 is 15.2 Å². The highest BCUT2D eigenvalue weighted by molar-refractivity contribution is 5.31. The highest BCUT2D eigenvalue weighted by atomic mass is 16.5. The Morgan fingerprint density at radius 2 is 1.78 bits per heavy atom. The van der Waals surface area contributed by atoms with Gasteiger partial charge < -0.3 is 15.2 Å². The fourth-order valence-electron chi connectivity index (χ4n) is 2.59. The largest absolute Gasteiger partial charge is 0.497 e. The molecule has 0 saturated heterocycles. The highest BCUT2D eigenvalue weighted by Gasteiger charge is 2.21. The zero-order valence-electron chi connectivity index (χ0n) is 11.1. The molecule has 2 rings (SSSR count). The summed E-state index contributed by atoms with van der Waals surface area (Å²) in [5.41, 5.74) is 6.12. The predicted molar refractivity (Wildman–Crippen MR) is 73.0 cm³/mol. The van der Waals surface area contributed by atoms with E-state index >= 15 is 0 Å². The Bertz CT molecular complexity index is 350. The summed E-state index contributed by atoms with van der Waals surface area (Å²) >= 11 is 0. The monoisotopic (exact) mass is 249 g/mol. The molecule has 1 aromatic rings. The summed E-state index contributed by atoms with van der Waals surface area (Å²) in [6.45, 7) is 0.755. The number of rotatable bonds is 5. The minimum atomic E-state index is 0.373. The third-order valence-electron chi connectivity index (χ3n) is 3.78. The van der Waals surface area contributed by atoms with Gasteiger partial charge in [-0.05, 0) is 49.4 Å². The quantitative estimate of drug-likeness (QED) is 0.872. The van der Waals surface area contributed by atoms with E-state index in [1.54, 1.807) is 7.11 Å². The first-order valence-corrected chi connectivity index (χ1v) is 6.82. The first-order valence-electron chi connectivity index (χ1n) is 6.82. The summed E-state index contributed by atoms with van der Waals surface area (Å²) < 4.78 is 10.9. The molecule has 3 nitrogen and oxygen atoms in total. The standard InChI is InChI=1S/C15H23NO2/c1-17-13-6-8-14(9-7-13)18-11-10-12-4-2-3-5-15(12)16/h6-9,12,15H,2-5,10-11,16H2,1H3. The van der Waals surface area contributed by atoms with Crippen LogP contribution in [0.2, 0.25) is 0 Å². The van der Waals surface area contributed by atoms with Crippen molar-refractivity contribution in [3.05, 3.63) is 24.3 Å². The van der Waals surface area contributed by atoms with Gasteiger partial charge in [0.1, 0.15) is 11.5 Å². The Morgan fingerprint density at radius 1 is 1.11 bits per heavy atom. The number of methoxy groups -OCH3 is 1. The Kier molecular flexibility index (Phi) is 4.88. The van der Waals surface area contributed by atoms with Gasteiger partial charge in [0.05, 0.1) is 13.7 Å². The van der Waals surface area contributed by atoms with Gasteiger partial charge in [0.25, 0.3) is 0 Å². The molecule has 18 heavy (non-hydrogen) atoms. The molecule has 0 bridgehead atoms. The van der Waals surface area contributed by atoms with E-state index in [1.807, 2.05) is 24.3 Å². The van der Waals surface area contributed by atoms with Crippen LogP contribution in [0.1, 0.15) is 32.1 Å². The molecule has 0 radical (unpaired) electrons. The molecule has 0 aromatic heterocycles. The second-order valence-corrected chi connectivity index (χ2v) is 5.02. The lowest BCUT2D eigenvalue weighted by atomic mass is 9.83. The smallest absolute Gasteiger partial charge is 0.119 e. The van der Waals surface area contributed by atoms with Crippen molar-refractivity contribution in [1.29, 1.82) is 0 Å². The van der Waals surface area contributed by atoms with E-state index in [0.717, 1.165) is 24.5 Å². The summed E-state index contributed by atoms with van der Waals surface area (Å²) in [6, 6.07) is 8.10. The van der Waals surface area contributed by atoms with Gasteiger partial charge in [0, 0.05) is 6.04 Å². The van der Waals surface area contributed by atoms with Crippen molar-refractivity contribution < 1.29 is 9.47 Å². The maximum atomic E-state index is 6.12. The van der Waals surface area contributed by atoms with E-state index in [-0.39, 0.29) is 0 Å². The summed E-state index contributed by atoms with van der Waals surface area (Å²) in [6.07, 6.45) is 6.10. The van der Waals surface area contributed by atoms with E-state index in [9.17, 15) is 0 Å². The van der Waals surface area contributed by atoms with Crippen molar-refractivity contribution in [3.63, 3.8) is 0 Å². The molecule has 2 N–H and O–H groups in total. The molecule has 1 aliphatic rings. The van der Waals surface area contributed by atoms with Crippen molar-refractivity contribution >= 4 is 0 Å². The summed E-state index contributed by atoms with van der Waals surface area (Å²) in [7, 11) is 1.67. The molecule has 2 unspecified atom stereocenters. The summed E-state index contributed by atoms with van der Waals surface area (Å²) in [4.78, 5) is 0. The van der Waals surface area contributed by atoms with Crippen LogP contribution in [-0.2, 0) is 0 Å². The normalized spacial score (nSPS) is 23.7. The van der Waals surface area contributed by atoms with Crippen molar-refractivity contribution in [1.82, 2.24) is 0 Å². The third-order valence-corrected chi connectivity index (χ3v) is 3.78. The van der Waals surface area contributed by atoms with Gasteiger partial charge in [0.15, 0.2) is 0 Å². The molecular weight excluding hydrogens is 226 g/mol. The lowest BCUT2D eigenvalue weighted by Gasteiger charge is -2.28. The van der Waals surface area contributed by atoms with Crippen LogP contribution in [0, 0.1) is 5.92 Å². The number of benzene rings is 1. The molecule has 0 heterocycles. The van der Waals surface area contributed by atoms with Gasteiger partial charge in [-0.15, -0.1) is 0 Å². The molecule has 2 atom stereocenters. The predicted octanol–water partition coefficient (Wildman–Crippen LogP) is 2.98. The second-order valence-electron chi connectivity index (χ2n) is 5.02. The van der Waals surface area contributed by atoms with Crippen LogP contribution in [-0.4, -0.2) is 19.8 Å². The van der Waals surface area contributed by atoms with Gasteiger partial charge in [0.2, 0.25) is 0 Å². The average Bonchev–Trinajstić information content (AvgIpc) is 2.42. The lowest BCUT2D eigenvalue weighted by Crippen LogP contribution is -2.33. The van der Waals surface area contributed by atoms with Crippen LogP contribution in [0.4, 0.5) is 0 Å². The molecule has 0 spiro atoms. The number of nitrogens with two attached hydrogens (primary N) is 1. The van der Waals surface area contributed by atoms with E-state index in [4.69, 9.17) is 15.2 Å². The second kappa shape index (κ2) is 6.64. The molecule has 1 aliphatic carbocycles. The van der Waals surface area contributed by atoms with Crippen LogP contribution in [0.15, 0.2) is 24.3 Å². The maximum absolute atomic E-state index is 6.12. The van der Waals surface area contributed by atoms with Crippen molar-refractivity contribution in [2.45, 2.75) is 38.1 Å². The van der Waals surface area contributed by atoms with Gasteiger partial charge in [-0.1, -0.05) is 12.8 Å². The van der Waals surface area contributed by atoms with Gasteiger partial charge in [-0.25, -0.2) is 0 Å². The molecule has 1 fully saturated rings. The Balaban J connectivity index is 1.73. The molecule has 0 amide bonds. The number of ether oxygens (including phenoxy) is 2. The van der Waals surface area contributed by atoms with Crippen LogP contribution in [0.3, 0.4) is 0 Å². The Hall–Kier alpha value is -1.22. The van der Waals surface area contributed by atoms with Gasteiger partial charge in [-0.2, -0.15) is 0 Å². The van der Waals surface area contributed by atoms with E-state index in [2.05, 4.69) is 0 Å². The minimum absolute atomic E-state index is 0.373. The van der Waals surface area contributed by atoms with Crippen LogP contribution in [0.25, 0.3) is 0 Å². The molecule has 1 aromatic carbocycles. The van der Waals surface area contributed by atoms with E-state index in [1.165, 1.54) is 25.7 Å². The lowest BCUT2D eigenvalue weighted by molar-refractivity contribution is 0.226. The molecule has 3 heteroatoms. The maximum Gasteiger partial charge on any atom is 0.119 e. The fraction of sp³-hybridized carbons (Fsp3) is 0.600. The average molecular weight is 249 g/mol. The van der Waals surface area contributed by atoms with Crippen LogP contribution >= 0.6 is 0 Å². The molecule has 0 aliphatic heterocycles. The van der Waals surface area contributed by atoms with E-state index in [0.29, 0.717) is 12.0 Å². The van der Waals surface area contributed by atoms with E-state index < -0.39 is 0 Å². The number of hydrogen-bond acceptors (Lipinski definition) is 3. The minimum Gasteiger partial charge on any atom is -0.497 e. The van der Waals surface area contributed by atoms with Crippen molar-refractivity contribution in [2.75, 3.05) is 13.7 Å². The molecule has 1 saturated carbocycles. The Morgan fingerprint density at radius 3 is 2.44 bits per heavy atom. The fourth-order valence-corrected chi connectivity index (χ4v) is 2.59. The zero-order chi connectivity index (χ0) is 12.8. The van der Waals surface area contributed by atoms with Gasteiger partial charge in [-0.3, -0.25) is 0 Å². The number of hydrogen-bond donors (Lipinski definition) is 1. The third kappa shape index (κ3) is 3.64. The molecular formula is C15H23NO2. The first-order chi connectivity index (χ1) is 8.79. The zero-order valence-corrected chi connectivity index (χ0v) is 11.1. The van der Waals surface area contributed by atoms with Crippen molar-refractivity contribution in [3.8, 4) is 11.5 Å². The topological polar surface area (TPSA) is 44.5 Å². The SMILES string of the molecule is COc1ccc(OCCC2CCCCC2N)cc1. The summed E-state index contributed by atoms with van der Waals surface area (Å²) in [5.74, 6) is 2.40. The van der Waals surface area contributed by atoms with Crippen LogP contribution in [0.5, 0.6) is 11.5 Å². The van der Waals surface area contributed by atoms with Crippen molar-refractivity contribution in [2.24, 2.45) is 11.7 Å². The summed E-state index contributed by atoms with van der Waals surface area (Å²) in [5, 5.41) is 0. The molecule has 100 valence electrons. The Labute approximate surface area is 109 Å². The van der Waals surface area contributed by atoms with Gasteiger partial charge >= 0.3 is 0 Å². The first kappa shape index (κ1) is 13.2.